The monoisotopic (exact) mass is 229 g/mol. The van der Waals surface area contributed by atoms with Crippen molar-refractivity contribution in [2.24, 2.45) is 11.7 Å². The summed E-state index contributed by atoms with van der Waals surface area (Å²) in [6, 6.07) is 0. The highest BCUT2D eigenvalue weighted by molar-refractivity contribution is 5.78. The van der Waals surface area contributed by atoms with Crippen LogP contribution in [0.3, 0.4) is 0 Å². The summed E-state index contributed by atoms with van der Waals surface area (Å²) >= 11 is 0. The molecule has 0 aromatic carbocycles. The van der Waals surface area contributed by atoms with Gasteiger partial charge in [-0.25, -0.2) is 0 Å². The van der Waals surface area contributed by atoms with Crippen molar-refractivity contribution in [1.82, 2.24) is 10.2 Å². The lowest BCUT2D eigenvalue weighted by molar-refractivity contribution is -0.126. The molecule has 0 aromatic rings. The highest BCUT2D eigenvalue weighted by atomic mass is 16.3. The van der Waals surface area contributed by atoms with Gasteiger partial charge in [-0.2, -0.15) is 0 Å². The molecule has 0 saturated carbocycles. The second-order valence-corrected chi connectivity index (χ2v) is 4.30. The van der Waals surface area contributed by atoms with E-state index >= 15 is 0 Å². The summed E-state index contributed by atoms with van der Waals surface area (Å²) in [5.74, 6) is 0.221. The highest BCUT2D eigenvalue weighted by Gasteiger charge is 2.24. The Morgan fingerprint density at radius 3 is 3.06 bits per heavy atom. The van der Waals surface area contributed by atoms with Crippen LogP contribution in [-0.4, -0.2) is 55.2 Å². The Hall–Kier alpha value is -0.650. The minimum Gasteiger partial charge on any atom is -0.396 e. The molecular weight excluding hydrogens is 206 g/mol. The zero-order chi connectivity index (χ0) is 11.8. The van der Waals surface area contributed by atoms with Crippen LogP contribution in [0, 0.1) is 5.92 Å². The fourth-order valence-electron chi connectivity index (χ4n) is 2.11. The number of amides is 1. The number of carbonyl (C=O) groups is 1. The second kappa shape index (κ2) is 7.60. The van der Waals surface area contributed by atoms with Gasteiger partial charge in [0.25, 0.3) is 0 Å². The zero-order valence-electron chi connectivity index (χ0n) is 9.82. The number of carbonyl (C=O) groups excluding carboxylic acids is 1. The maximum Gasteiger partial charge on any atom is 0.224 e. The van der Waals surface area contributed by atoms with E-state index in [-0.39, 0.29) is 18.4 Å². The standard InChI is InChI=1S/C11H23N3O2/c12-4-5-13-11(16)10-3-1-6-14(9-10)7-2-8-15/h10,15H,1-9,12H2,(H,13,16). The second-order valence-electron chi connectivity index (χ2n) is 4.30. The molecule has 1 aliphatic rings. The van der Waals surface area contributed by atoms with Crippen LogP contribution < -0.4 is 11.1 Å². The number of hydrogen-bond acceptors (Lipinski definition) is 4. The van der Waals surface area contributed by atoms with Crippen molar-refractivity contribution in [2.45, 2.75) is 19.3 Å². The lowest BCUT2D eigenvalue weighted by Crippen LogP contribution is -2.44. The van der Waals surface area contributed by atoms with Gasteiger partial charge in [-0.05, 0) is 25.8 Å². The van der Waals surface area contributed by atoms with Crippen LogP contribution in [0.15, 0.2) is 0 Å². The molecule has 0 aliphatic carbocycles. The van der Waals surface area contributed by atoms with Crippen LogP contribution in [0.4, 0.5) is 0 Å². The normalized spacial score (nSPS) is 22.0. The van der Waals surface area contributed by atoms with E-state index in [1.165, 1.54) is 0 Å². The molecule has 5 nitrogen and oxygen atoms in total. The average molecular weight is 229 g/mol. The molecule has 16 heavy (non-hydrogen) atoms. The fourth-order valence-corrected chi connectivity index (χ4v) is 2.11. The van der Waals surface area contributed by atoms with Crippen LogP contribution in [0.25, 0.3) is 0 Å². The molecule has 1 unspecified atom stereocenters. The predicted molar refractivity (Wildman–Crippen MR) is 62.9 cm³/mol. The van der Waals surface area contributed by atoms with Gasteiger partial charge < -0.3 is 21.1 Å². The number of aliphatic hydroxyl groups is 1. The maximum absolute atomic E-state index is 11.7. The van der Waals surface area contributed by atoms with Crippen molar-refractivity contribution in [3.8, 4) is 0 Å². The van der Waals surface area contributed by atoms with Gasteiger partial charge in [-0.1, -0.05) is 0 Å². The number of hydrogen-bond donors (Lipinski definition) is 3. The molecule has 1 heterocycles. The summed E-state index contributed by atoms with van der Waals surface area (Å²) in [6.45, 7) is 4.02. The van der Waals surface area contributed by atoms with E-state index in [9.17, 15) is 4.79 Å². The predicted octanol–water partition coefficient (Wildman–Crippen LogP) is -0.844. The Morgan fingerprint density at radius 1 is 1.56 bits per heavy atom. The lowest BCUT2D eigenvalue weighted by atomic mass is 9.97. The summed E-state index contributed by atoms with van der Waals surface area (Å²) in [7, 11) is 0. The number of nitrogens with one attached hydrogen (secondary N) is 1. The van der Waals surface area contributed by atoms with Crippen LogP contribution in [0.1, 0.15) is 19.3 Å². The van der Waals surface area contributed by atoms with Gasteiger partial charge in [0.2, 0.25) is 5.91 Å². The molecule has 1 rings (SSSR count). The number of likely N-dealkylation sites (tertiary alicyclic amines) is 1. The quantitative estimate of drug-likeness (QED) is 0.555. The number of nitrogens with zero attached hydrogens (tertiary/aromatic N) is 1. The summed E-state index contributed by atoms with van der Waals surface area (Å²) < 4.78 is 0. The number of aliphatic hydroxyl groups excluding tert-OH is 1. The topological polar surface area (TPSA) is 78.6 Å². The minimum absolute atomic E-state index is 0.0963. The van der Waals surface area contributed by atoms with E-state index in [1.54, 1.807) is 0 Å². The SMILES string of the molecule is NCCNC(=O)C1CCCN(CCCO)C1. The molecular formula is C11H23N3O2. The Balaban J connectivity index is 2.28. The molecule has 0 bridgehead atoms. The molecule has 0 aromatic heterocycles. The van der Waals surface area contributed by atoms with E-state index in [0.29, 0.717) is 13.1 Å². The Morgan fingerprint density at radius 2 is 2.38 bits per heavy atom. The molecule has 5 heteroatoms. The number of piperidine rings is 1. The van der Waals surface area contributed by atoms with E-state index in [2.05, 4.69) is 10.2 Å². The Bertz CT molecular complexity index is 211. The molecule has 1 fully saturated rings. The van der Waals surface area contributed by atoms with Crippen molar-refractivity contribution in [3.63, 3.8) is 0 Å². The third kappa shape index (κ3) is 4.47. The van der Waals surface area contributed by atoms with Crippen molar-refractivity contribution in [3.05, 3.63) is 0 Å². The van der Waals surface area contributed by atoms with Crippen molar-refractivity contribution < 1.29 is 9.90 Å². The molecule has 0 spiro atoms. The molecule has 94 valence electrons. The highest BCUT2D eigenvalue weighted by Crippen LogP contribution is 2.16. The molecule has 1 aliphatic heterocycles. The van der Waals surface area contributed by atoms with Crippen LogP contribution >= 0.6 is 0 Å². The first-order valence-corrected chi connectivity index (χ1v) is 6.09. The first-order chi connectivity index (χ1) is 7.77. The first-order valence-electron chi connectivity index (χ1n) is 6.09. The van der Waals surface area contributed by atoms with Gasteiger partial charge in [0.1, 0.15) is 0 Å². The van der Waals surface area contributed by atoms with Crippen molar-refractivity contribution in [1.29, 1.82) is 0 Å². The molecule has 1 saturated heterocycles. The average Bonchev–Trinajstić information content (AvgIpc) is 2.33. The Labute approximate surface area is 97.0 Å². The minimum atomic E-state index is 0.0963. The van der Waals surface area contributed by atoms with Gasteiger partial charge >= 0.3 is 0 Å². The molecule has 4 N–H and O–H groups in total. The van der Waals surface area contributed by atoms with Crippen molar-refractivity contribution in [2.75, 3.05) is 39.3 Å². The molecule has 0 radical (unpaired) electrons. The summed E-state index contributed by atoms with van der Waals surface area (Å²) in [5, 5.41) is 11.6. The first kappa shape index (κ1) is 13.4. The van der Waals surface area contributed by atoms with E-state index in [1.807, 2.05) is 0 Å². The lowest BCUT2D eigenvalue weighted by Gasteiger charge is -2.31. The smallest absolute Gasteiger partial charge is 0.224 e. The van der Waals surface area contributed by atoms with Gasteiger partial charge in [-0.3, -0.25) is 4.79 Å². The number of nitrogens with two attached hydrogens (primary N) is 1. The third-order valence-corrected chi connectivity index (χ3v) is 2.95. The summed E-state index contributed by atoms with van der Waals surface area (Å²) in [4.78, 5) is 14.0. The Kier molecular flexibility index (Phi) is 6.37. The van der Waals surface area contributed by atoms with Crippen LogP contribution in [0.2, 0.25) is 0 Å². The van der Waals surface area contributed by atoms with Crippen LogP contribution in [0.5, 0.6) is 0 Å². The van der Waals surface area contributed by atoms with Gasteiger partial charge in [0, 0.05) is 32.8 Å². The summed E-state index contributed by atoms with van der Waals surface area (Å²) in [6.07, 6.45) is 2.81. The van der Waals surface area contributed by atoms with Crippen LogP contribution in [-0.2, 0) is 4.79 Å². The third-order valence-electron chi connectivity index (χ3n) is 2.95. The van der Waals surface area contributed by atoms with Gasteiger partial charge in [-0.15, -0.1) is 0 Å². The van der Waals surface area contributed by atoms with E-state index < -0.39 is 0 Å². The maximum atomic E-state index is 11.7. The fraction of sp³-hybridized carbons (Fsp3) is 0.909. The van der Waals surface area contributed by atoms with Crippen molar-refractivity contribution >= 4 is 5.91 Å². The van der Waals surface area contributed by atoms with Gasteiger partial charge in [0.05, 0.1) is 5.92 Å². The van der Waals surface area contributed by atoms with E-state index in [0.717, 1.165) is 38.9 Å². The largest absolute Gasteiger partial charge is 0.396 e. The molecule has 1 amide bonds. The van der Waals surface area contributed by atoms with E-state index in [4.69, 9.17) is 10.8 Å². The summed E-state index contributed by atoms with van der Waals surface area (Å²) in [5.41, 5.74) is 5.35. The van der Waals surface area contributed by atoms with Gasteiger partial charge in [0.15, 0.2) is 0 Å². The number of rotatable bonds is 6. The zero-order valence-corrected chi connectivity index (χ0v) is 9.82. The molecule has 1 atom stereocenters.